The van der Waals surface area contributed by atoms with Crippen molar-refractivity contribution in [3.05, 3.63) is 46.5 Å². The van der Waals surface area contributed by atoms with Gasteiger partial charge in [0.1, 0.15) is 11.5 Å². The normalized spacial score (nSPS) is 11.3. The Hall–Kier alpha value is -1.69. The molecular formula is C30H46O4S. The minimum absolute atomic E-state index is 0.0878. The van der Waals surface area contributed by atoms with E-state index in [4.69, 9.17) is 0 Å². The molecule has 0 bridgehead atoms. The van der Waals surface area contributed by atoms with E-state index >= 15 is 0 Å². The van der Waals surface area contributed by atoms with Gasteiger partial charge in [-0.3, -0.25) is 0 Å². The van der Waals surface area contributed by atoms with E-state index in [1.165, 1.54) is 63.1 Å². The summed E-state index contributed by atoms with van der Waals surface area (Å²) in [7, 11) is 0. The predicted octanol–water partition coefficient (Wildman–Crippen LogP) is 8.04. The summed E-state index contributed by atoms with van der Waals surface area (Å²) in [5, 5.41) is 41.2. The molecule has 0 saturated heterocycles. The summed E-state index contributed by atoms with van der Waals surface area (Å²) in [5.74, 6) is 0.176. The molecule has 0 spiro atoms. The predicted molar refractivity (Wildman–Crippen MR) is 146 cm³/mol. The third-order valence-corrected chi connectivity index (χ3v) is 8.18. The maximum Gasteiger partial charge on any atom is 0.122 e. The SMILES string of the molecule is CCCCCCCCc1ccc(O)c(CO)c1Sc1c(CCCCCCCC)ccc(O)c1CO. The lowest BCUT2D eigenvalue weighted by Crippen LogP contribution is -2.00. The molecule has 2 rings (SSSR count). The van der Waals surface area contributed by atoms with Gasteiger partial charge < -0.3 is 20.4 Å². The first-order valence-corrected chi connectivity index (χ1v) is 14.5. The van der Waals surface area contributed by atoms with Crippen LogP contribution >= 0.6 is 11.8 Å². The number of phenols is 2. The number of rotatable bonds is 18. The summed E-state index contributed by atoms with van der Waals surface area (Å²) in [5.41, 5.74) is 3.25. The fourth-order valence-electron chi connectivity index (χ4n) is 4.58. The molecule has 0 saturated carbocycles. The van der Waals surface area contributed by atoms with E-state index in [1.807, 2.05) is 12.1 Å². The van der Waals surface area contributed by atoms with Crippen molar-refractivity contribution in [1.82, 2.24) is 0 Å². The molecule has 35 heavy (non-hydrogen) atoms. The Balaban J connectivity index is 2.27. The van der Waals surface area contributed by atoms with Gasteiger partial charge in [-0.1, -0.05) is 102 Å². The molecule has 4 nitrogen and oxygen atoms in total. The second-order valence-electron chi connectivity index (χ2n) is 9.56. The van der Waals surface area contributed by atoms with Gasteiger partial charge in [0.2, 0.25) is 0 Å². The van der Waals surface area contributed by atoms with Crippen LogP contribution in [-0.2, 0) is 26.1 Å². The molecule has 4 N–H and O–H groups in total. The van der Waals surface area contributed by atoms with Crippen LogP contribution in [0.25, 0.3) is 0 Å². The van der Waals surface area contributed by atoms with Crippen molar-refractivity contribution in [2.75, 3.05) is 0 Å². The quantitative estimate of drug-likeness (QED) is 0.155. The average molecular weight is 503 g/mol. The molecule has 0 fully saturated rings. The highest BCUT2D eigenvalue weighted by Gasteiger charge is 2.19. The zero-order chi connectivity index (χ0) is 25.5. The van der Waals surface area contributed by atoms with Crippen molar-refractivity contribution < 1.29 is 20.4 Å². The lowest BCUT2D eigenvalue weighted by Gasteiger charge is -2.19. The van der Waals surface area contributed by atoms with Gasteiger partial charge in [-0.25, -0.2) is 0 Å². The van der Waals surface area contributed by atoms with E-state index < -0.39 is 0 Å². The molecule has 0 amide bonds. The minimum Gasteiger partial charge on any atom is -0.508 e. The standard InChI is InChI=1S/C30H46O4S/c1-3-5-7-9-11-13-15-23-17-19-27(33)25(21-31)29(23)35-30-24(16-14-12-10-8-6-4-2)18-20-28(34)26(30)22-32/h17-20,31-34H,3-16,21-22H2,1-2H3. The number of hydrogen-bond acceptors (Lipinski definition) is 5. The van der Waals surface area contributed by atoms with Crippen LogP contribution in [0, 0.1) is 0 Å². The number of benzene rings is 2. The van der Waals surface area contributed by atoms with Gasteiger partial charge in [-0.05, 0) is 48.9 Å². The third-order valence-electron chi connectivity index (χ3n) is 6.75. The summed E-state index contributed by atoms with van der Waals surface area (Å²) < 4.78 is 0. The number of hydrogen-bond donors (Lipinski definition) is 4. The zero-order valence-corrected chi connectivity index (χ0v) is 22.6. The van der Waals surface area contributed by atoms with E-state index in [-0.39, 0.29) is 24.7 Å². The van der Waals surface area contributed by atoms with Gasteiger partial charge in [-0.15, -0.1) is 0 Å². The van der Waals surface area contributed by atoms with Gasteiger partial charge in [0.05, 0.1) is 13.2 Å². The van der Waals surface area contributed by atoms with Gasteiger partial charge in [0.25, 0.3) is 0 Å². The van der Waals surface area contributed by atoms with E-state index in [0.717, 1.165) is 59.4 Å². The van der Waals surface area contributed by atoms with Crippen LogP contribution in [0.3, 0.4) is 0 Å². The summed E-state index contributed by atoms with van der Waals surface area (Å²) in [6.07, 6.45) is 16.2. The first-order valence-electron chi connectivity index (χ1n) is 13.6. The van der Waals surface area contributed by atoms with Crippen LogP contribution < -0.4 is 0 Å². The maximum atomic E-state index is 10.5. The van der Waals surface area contributed by atoms with E-state index in [0.29, 0.717) is 11.1 Å². The van der Waals surface area contributed by atoms with Gasteiger partial charge in [-0.2, -0.15) is 0 Å². The van der Waals surface area contributed by atoms with E-state index in [2.05, 4.69) is 13.8 Å². The summed E-state index contributed by atoms with van der Waals surface area (Å²) >= 11 is 1.48. The van der Waals surface area contributed by atoms with Crippen molar-refractivity contribution >= 4 is 11.8 Å². The molecule has 0 heterocycles. The highest BCUT2D eigenvalue weighted by atomic mass is 32.2. The van der Waals surface area contributed by atoms with Crippen molar-refractivity contribution in [3.63, 3.8) is 0 Å². The molecule has 196 valence electrons. The summed E-state index contributed by atoms with van der Waals surface area (Å²) in [6.45, 7) is 3.94. The number of aliphatic hydroxyl groups excluding tert-OH is 2. The Morgan fingerprint density at radius 1 is 0.543 bits per heavy atom. The molecule has 0 atom stereocenters. The van der Waals surface area contributed by atoms with Crippen LogP contribution in [0.2, 0.25) is 0 Å². The lowest BCUT2D eigenvalue weighted by molar-refractivity contribution is 0.271. The second kappa shape index (κ2) is 16.9. The molecule has 0 radical (unpaired) electrons. The average Bonchev–Trinajstić information content (AvgIpc) is 2.86. The molecule has 0 aliphatic rings. The minimum atomic E-state index is -0.251. The summed E-state index contributed by atoms with van der Waals surface area (Å²) in [4.78, 5) is 1.70. The Kier molecular flexibility index (Phi) is 14.3. The van der Waals surface area contributed by atoms with Crippen molar-refractivity contribution in [2.45, 2.75) is 127 Å². The molecule has 2 aromatic rings. The molecule has 2 aromatic carbocycles. The second-order valence-corrected chi connectivity index (χ2v) is 10.6. The maximum absolute atomic E-state index is 10.5. The van der Waals surface area contributed by atoms with Crippen LogP contribution in [0.5, 0.6) is 11.5 Å². The number of unbranched alkanes of at least 4 members (excludes halogenated alkanes) is 10. The molecule has 0 aliphatic heterocycles. The van der Waals surface area contributed by atoms with Crippen LogP contribution in [-0.4, -0.2) is 20.4 Å². The topological polar surface area (TPSA) is 80.9 Å². The van der Waals surface area contributed by atoms with E-state index in [9.17, 15) is 20.4 Å². The van der Waals surface area contributed by atoms with Crippen molar-refractivity contribution in [1.29, 1.82) is 0 Å². The third kappa shape index (κ3) is 9.36. The Bertz CT molecular complexity index is 810. The highest BCUT2D eigenvalue weighted by molar-refractivity contribution is 7.99. The fourth-order valence-corrected chi connectivity index (χ4v) is 5.97. The van der Waals surface area contributed by atoms with Crippen molar-refractivity contribution in [2.24, 2.45) is 0 Å². The number of aryl methyl sites for hydroxylation is 2. The van der Waals surface area contributed by atoms with Gasteiger partial charge in [0, 0.05) is 20.9 Å². The number of aromatic hydroxyl groups is 2. The van der Waals surface area contributed by atoms with Crippen LogP contribution in [0.4, 0.5) is 0 Å². The van der Waals surface area contributed by atoms with Crippen molar-refractivity contribution in [3.8, 4) is 11.5 Å². The number of aliphatic hydroxyl groups is 2. The molecular weight excluding hydrogens is 456 g/mol. The molecule has 5 heteroatoms. The van der Waals surface area contributed by atoms with Crippen LogP contribution in [0.1, 0.15) is 113 Å². The zero-order valence-electron chi connectivity index (χ0n) is 21.8. The molecule has 0 aromatic heterocycles. The summed E-state index contributed by atoms with van der Waals surface area (Å²) in [6, 6.07) is 7.26. The van der Waals surface area contributed by atoms with Crippen LogP contribution in [0.15, 0.2) is 34.1 Å². The molecule has 0 aliphatic carbocycles. The van der Waals surface area contributed by atoms with Gasteiger partial charge >= 0.3 is 0 Å². The highest BCUT2D eigenvalue weighted by Crippen LogP contribution is 2.43. The Labute approximate surface area is 216 Å². The largest absolute Gasteiger partial charge is 0.508 e. The van der Waals surface area contributed by atoms with Gasteiger partial charge in [0.15, 0.2) is 0 Å². The monoisotopic (exact) mass is 502 g/mol. The first kappa shape index (κ1) is 29.5. The Morgan fingerprint density at radius 2 is 0.914 bits per heavy atom. The first-order chi connectivity index (χ1) is 17.1. The Morgan fingerprint density at radius 3 is 1.29 bits per heavy atom. The fraction of sp³-hybridized carbons (Fsp3) is 0.600. The van der Waals surface area contributed by atoms with E-state index in [1.54, 1.807) is 12.1 Å². The smallest absolute Gasteiger partial charge is 0.122 e. The lowest BCUT2D eigenvalue weighted by atomic mass is 10.0. The molecule has 0 unspecified atom stereocenters.